The van der Waals surface area contributed by atoms with Crippen LogP contribution >= 0.6 is 11.3 Å². The fourth-order valence-corrected chi connectivity index (χ4v) is 3.88. The van der Waals surface area contributed by atoms with Crippen molar-refractivity contribution in [3.05, 3.63) is 45.6 Å². The highest BCUT2D eigenvalue weighted by Gasteiger charge is 2.19. The summed E-state index contributed by atoms with van der Waals surface area (Å²) in [7, 11) is 1.56. The van der Waals surface area contributed by atoms with Crippen molar-refractivity contribution in [1.82, 2.24) is 10.2 Å². The number of thiophene rings is 1. The van der Waals surface area contributed by atoms with Crippen LogP contribution in [0.2, 0.25) is 0 Å². The third-order valence-corrected chi connectivity index (χ3v) is 5.35. The van der Waals surface area contributed by atoms with Gasteiger partial charge in [-0.25, -0.2) is 0 Å². The summed E-state index contributed by atoms with van der Waals surface area (Å²) in [6, 6.07) is 7.67. The summed E-state index contributed by atoms with van der Waals surface area (Å²) < 4.78 is 5.24. The summed E-state index contributed by atoms with van der Waals surface area (Å²) in [5, 5.41) is 7.56. The smallest absolute Gasteiger partial charge is 0.243 e. The average molecular weight is 373 g/mol. The number of nitrogens with one attached hydrogen (secondary N) is 2. The summed E-state index contributed by atoms with van der Waals surface area (Å²) in [4.78, 5) is 27.8. The van der Waals surface area contributed by atoms with Gasteiger partial charge in [0.2, 0.25) is 11.8 Å². The second-order valence-electron chi connectivity index (χ2n) is 6.36. The molecular formula is C19H23N3O3S. The van der Waals surface area contributed by atoms with Crippen molar-refractivity contribution in [2.75, 3.05) is 32.1 Å². The van der Waals surface area contributed by atoms with Crippen LogP contribution in [0.15, 0.2) is 29.6 Å². The highest BCUT2D eigenvalue weighted by Crippen LogP contribution is 2.25. The minimum atomic E-state index is -0.277. The Morgan fingerprint density at radius 1 is 1.27 bits per heavy atom. The van der Waals surface area contributed by atoms with Crippen molar-refractivity contribution < 1.29 is 14.3 Å². The molecule has 0 radical (unpaired) electrons. The van der Waals surface area contributed by atoms with E-state index in [4.69, 9.17) is 4.74 Å². The number of rotatable bonds is 6. The third kappa shape index (κ3) is 4.62. The van der Waals surface area contributed by atoms with Crippen molar-refractivity contribution in [2.45, 2.75) is 19.9 Å². The first-order valence-electron chi connectivity index (χ1n) is 8.54. The zero-order valence-electron chi connectivity index (χ0n) is 15.0. The number of fused-ring (bicyclic) bond motifs is 1. The van der Waals surface area contributed by atoms with Gasteiger partial charge in [-0.1, -0.05) is 6.07 Å². The molecule has 1 aromatic heterocycles. The Labute approximate surface area is 157 Å². The molecule has 0 spiro atoms. The molecule has 7 heteroatoms. The maximum atomic E-state index is 12.1. The maximum Gasteiger partial charge on any atom is 0.243 e. The summed E-state index contributed by atoms with van der Waals surface area (Å²) in [5.41, 5.74) is 2.93. The molecule has 0 bridgehead atoms. The first-order chi connectivity index (χ1) is 12.5. The zero-order valence-corrected chi connectivity index (χ0v) is 15.8. The average Bonchev–Trinajstić information content (AvgIpc) is 3.08. The first kappa shape index (κ1) is 18.4. The first-order valence-corrected chi connectivity index (χ1v) is 9.42. The molecule has 0 saturated carbocycles. The Balaban J connectivity index is 1.46. The number of ether oxygens (including phenoxy) is 1. The van der Waals surface area contributed by atoms with E-state index in [-0.39, 0.29) is 18.4 Å². The summed E-state index contributed by atoms with van der Waals surface area (Å²) in [6.45, 7) is 3.84. The SMILES string of the molecule is COc1ccc(C)cc1NC(=O)CNC(=O)CN1CCc2sccc2C1. The van der Waals surface area contributed by atoms with Gasteiger partial charge in [0.1, 0.15) is 5.75 Å². The van der Waals surface area contributed by atoms with Crippen molar-refractivity contribution >= 4 is 28.8 Å². The Morgan fingerprint density at radius 3 is 2.92 bits per heavy atom. The number of anilines is 1. The van der Waals surface area contributed by atoms with Crippen LogP contribution in [0.4, 0.5) is 5.69 Å². The molecule has 2 amide bonds. The number of hydrogen-bond donors (Lipinski definition) is 2. The highest BCUT2D eigenvalue weighted by molar-refractivity contribution is 7.10. The molecule has 3 rings (SSSR count). The summed E-state index contributed by atoms with van der Waals surface area (Å²) in [6.07, 6.45) is 0.980. The predicted octanol–water partition coefficient (Wildman–Crippen LogP) is 2.18. The second kappa shape index (κ2) is 8.33. The van der Waals surface area contributed by atoms with Crippen molar-refractivity contribution in [3.63, 3.8) is 0 Å². The van der Waals surface area contributed by atoms with E-state index in [1.807, 2.05) is 19.1 Å². The highest BCUT2D eigenvalue weighted by atomic mass is 32.1. The van der Waals surface area contributed by atoms with Crippen molar-refractivity contribution in [2.24, 2.45) is 0 Å². The number of methoxy groups -OCH3 is 1. The molecule has 0 unspecified atom stereocenters. The van der Waals surface area contributed by atoms with Gasteiger partial charge in [0.05, 0.1) is 25.9 Å². The molecule has 138 valence electrons. The van der Waals surface area contributed by atoms with Crippen LogP contribution < -0.4 is 15.4 Å². The largest absolute Gasteiger partial charge is 0.495 e. The van der Waals surface area contributed by atoms with Gasteiger partial charge in [-0.05, 0) is 48.1 Å². The van der Waals surface area contributed by atoms with E-state index in [2.05, 4.69) is 27.0 Å². The minimum Gasteiger partial charge on any atom is -0.495 e. The molecule has 6 nitrogen and oxygen atoms in total. The van der Waals surface area contributed by atoms with E-state index in [0.717, 1.165) is 25.1 Å². The molecule has 2 heterocycles. The van der Waals surface area contributed by atoms with Crippen molar-refractivity contribution in [3.8, 4) is 5.75 Å². The number of nitrogens with zero attached hydrogens (tertiary/aromatic N) is 1. The zero-order chi connectivity index (χ0) is 18.5. The fraction of sp³-hybridized carbons (Fsp3) is 0.368. The Morgan fingerprint density at radius 2 is 2.12 bits per heavy atom. The quantitative estimate of drug-likeness (QED) is 0.814. The number of aryl methyl sites for hydroxylation is 1. The van der Waals surface area contributed by atoms with E-state index in [1.54, 1.807) is 24.5 Å². The molecule has 2 N–H and O–H groups in total. The van der Waals surface area contributed by atoms with Gasteiger partial charge < -0.3 is 15.4 Å². The van der Waals surface area contributed by atoms with E-state index in [0.29, 0.717) is 18.0 Å². The van der Waals surface area contributed by atoms with Gasteiger partial charge in [0, 0.05) is 18.0 Å². The van der Waals surface area contributed by atoms with Crippen LogP contribution in [-0.2, 0) is 22.6 Å². The Kier molecular flexibility index (Phi) is 5.90. The van der Waals surface area contributed by atoms with Gasteiger partial charge in [0.15, 0.2) is 0 Å². The van der Waals surface area contributed by atoms with Gasteiger partial charge in [0.25, 0.3) is 0 Å². The predicted molar refractivity (Wildman–Crippen MR) is 103 cm³/mol. The van der Waals surface area contributed by atoms with Gasteiger partial charge in [-0.3, -0.25) is 14.5 Å². The molecule has 0 aliphatic carbocycles. The minimum absolute atomic E-state index is 0.0620. The number of carbonyl (C=O) groups is 2. The molecule has 26 heavy (non-hydrogen) atoms. The van der Waals surface area contributed by atoms with Crippen molar-refractivity contribution in [1.29, 1.82) is 0 Å². The lowest BCUT2D eigenvalue weighted by Crippen LogP contribution is -2.42. The molecule has 0 saturated heterocycles. The summed E-state index contributed by atoms with van der Waals surface area (Å²) >= 11 is 1.77. The monoisotopic (exact) mass is 373 g/mol. The van der Waals surface area contributed by atoms with E-state index in [9.17, 15) is 9.59 Å². The Hall–Kier alpha value is -2.38. The molecule has 0 fully saturated rings. The van der Waals surface area contributed by atoms with E-state index >= 15 is 0 Å². The second-order valence-corrected chi connectivity index (χ2v) is 7.36. The van der Waals surface area contributed by atoms with Crippen LogP contribution in [0.5, 0.6) is 5.75 Å². The van der Waals surface area contributed by atoms with E-state index < -0.39 is 0 Å². The maximum absolute atomic E-state index is 12.1. The number of amides is 2. The van der Waals surface area contributed by atoms with Crippen LogP contribution in [0.1, 0.15) is 16.0 Å². The van der Waals surface area contributed by atoms with Crippen LogP contribution in [0.3, 0.4) is 0 Å². The third-order valence-electron chi connectivity index (χ3n) is 4.33. The van der Waals surface area contributed by atoms with E-state index in [1.165, 1.54) is 10.4 Å². The van der Waals surface area contributed by atoms with Crippen LogP contribution in [-0.4, -0.2) is 43.5 Å². The number of benzene rings is 1. The Bertz CT molecular complexity index is 803. The number of carbonyl (C=O) groups excluding carboxylic acids is 2. The molecule has 1 aliphatic rings. The van der Waals surface area contributed by atoms with Crippen LogP contribution in [0.25, 0.3) is 0 Å². The molecule has 1 aromatic carbocycles. The lowest BCUT2D eigenvalue weighted by molar-refractivity contribution is -0.125. The number of hydrogen-bond acceptors (Lipinski definition) is 5. The lowest BCUT2D eigenvalue weighted by Gasteiger charge is -2.26. The molecule has 1 aliphatic heterocycles. The molecular weight excluding hydrogens is 350 g/mol. The normalized spacial score (nSPS) is 13.8. The molecule has 0 atom stereocenters. The summed E-state index contributed by atoms with van der Waals surface area (Å²) in [5.74, 6) is 0.172. The standard InChI is InChI=1S/C19H23N3O3S/c1-13-3-4-16(25-2)15(9-13)21-18(23)10-20-19(24)12-22-7-5-17-14(11-22)6-8-26-17/h3-4,6,8-9H,5,7,10-12H2,1-2H3,(H,20,24)(H,21,23). The molecule has 2 aromatic rings. The van der Waals surface area contributed by atoms with Gasteiger partial charge >= 0.3 is 0 Å². The van der Waals surface area contributed by atoms with Gasteiger partial charge in [-0.2, -0.15) is 0 Å². The lowest BCUT2D eigenvalue weighted by atomic mass is 10.1. The fourth-order valence-electron chi connectivity index (χ4n) is 2.99. The van der Waals surface area contributed by atoms with Crippen LogP contribution in [0, 0.1) is 6.92 Å². The topological polar surface area (TPSA) is 70.7 Å². The van der Waals surface area contributed by atoms with Gasteiger partial charge in [-0.15, -0.1) is 11.3 Å².